The van der Waals surface area contributed by atoms with Crippen molar-refractivity contribution in [3.05, 3.63) is 0 Å². The van der Waals surface area contributed by atoms with Crippen molar-refractivity contribution < 1.29 is 9.53 Å². The van der Waals surface area contributed by atoms with E-state index in [0.29, 0.717) is 12.5 Å². The van der Waals surface area contributed by atoms with Crippen molar-refractivity contribution in [2.24, 2.45) is 0 Å². The predicted octanol–water partition coefficient (Wildman–Crippen LogP) is 1.55. The van der Waals surface area contributed by atoms with Gasteiger partial charge in [-0.1, -0.05) is 6.42 Å². The molecule has 1 N–H and O–H groups in total. The van der Waals surface area contributed by atoms with E-state index in [4.69, 9.17) is 4.74 Å². The van der Waals surface area contributed by atoms with Crippen LogP contribution in [-0.2, 0) is 9.53 Å². The normalized spacial score (nSPS) is 28.3. The van der Waals surface area contributed by atoms with Gasteiger partial charge in [-0.15, -0.1) is 0 Å². The van der Waals surface area contributed by atoms with Gasteiger partial charge in [0.2, 0.25) is 5.91 Å². The number of amides is 1. The lowest BCUT2D eigenvalue weighted by Gasteiger charge is -2.25. The summed E-state index contributed by atoms with van der Waals surface area (Å²) in [6, 6.07) is 0.554. The van der Waals surface area contributed by atoms with Crippen molar-refractivity contribution in [3.8, 4) is 0 Å². The Morgan fingerprint density at radius 1 is 1.33 bits per heavy atom. The molecule has 0 saturated carbocycles. The third kappa shape index (κ3) is 4.25. The zero-order valence-corrected chi connectivity index (χ0v) is 11.5. The van der Waals surface area contributed by atoms with Gasteiger partial charge in [-0.25, -0.2) is 0 Å². The Hall–Kier alpha value is -0.610. The number of nitrogens with one attached hydrogen (secondary N) is 1. The van der Waals surface area contributed by atoms with E-state index < -0.39 is 0 Å². The van der Waals surface area contributed by atoms with Crippen molar-refractivity contribution in [1.29, 1.82) is 0 Å². The van der Waals surface area contributed by atoms with Crippen LogP contribution in [0.3, 0.4) is 0 Å². The van der Waals surface area contributed by atoms with Gasteiger partial charge in [0.05, 0.1) is 6.10 Å². The maximum absolute atomic E-state index is 12.0. The van der Waals surface area contributed by atoms with Gasteiger partial charge in [0.25, 0.3) is 0 Å². The molecule has 0 spiro atoms. The molecule has 2 aliphatic rings. The average molecular weight is 254 g/mol. The summed E-state index contributed by atoms with van der Waals surface area (Å²) in [7, 11) is 1.90. The van der Waals surface area contributed by atoms with Gasteiger partial charge in [-0.3, -0.25) is 4.79 Å². The van der Waals surface area contributed by atoms with Crippen LogP contribution in [-0.4, -0.2) is 49.7 Å². The van der Waals surface area contributed by atoms with Gasteiger partial charge in [0.15, 0.2) is 0 Å². The fraction of sp³-hybridized carbons (Fsp3) is 0.929. The van der Waals surface area contributed by atoms with Crippen LogP contribution in [0.5, 0.6) is 0 Å². The minimum atomic E-state index is 0.262. The molecule has 0 radical (unpaired) electrons. The van der Waals surface area contributed by atoms with Gasteiger partial charge in [0, 0.05) is 32.7 Å². The molecule has 2 saturated heterocycles. The Morgan fingerprint density at radius 3 is 2.89 bits per heavy atom. The Labute approximate surface area is 110 Å². The monoisotopic (exact) mass is 254 g/mol. The number of hydrogen-bond donors (Lipinski definition) is 1. The third-order valence-electron chi connectivity index (χ3n) is 4.05. The lowest BCUT2D eigenvalue weighted by Crippen LogP contribution is -2.37. The first-order valence-corrected chi connectivity index (χ1v) is 7.34. The number of nitrogens with zero attached hydrogens (tertiary/aromatic N) is 1. The van der Waals surface area contributed by atoms with Crippen LogP contribution in [0.4, 0.5) is 0 Å². The van der Waals surface area contributed by atoms with Crippen LogP contribution < -0.4 is 5.32 Å². The molecular formula is C14H26N2O2. The van der Waals surface area contributed by atoms with Crippen LogP contribution in [0.1, 0.15) is 44.9 Å². The Morgan fingerprint density at radius 2 is 2.22 bits per heavy atom. The number of carbonyl (C=O) groups excluding carboxylic acids is 1. The molecule has 2 rings (SSSR count). The van der Waals surface area contributed by atoms with Crippen molar-refractivity contribution in [2.75, 3.05) is 26.7 Å². The second-order valence-electron chi connectivity index (χ2n) is 5.59. The summed E-state index contributed by atoms with van der Waals surface area (Å²) >= 11 is 0. The smallest absolute Gasteiger partial charge is 0.222 e. The minimum Gasteiger partial charge on any atom is -0.376 e. The number of ether oxygens (including phenoxy) is 1. The standard InChI is InChI=1S/C14H26N2O2/c1-16(11-13-6-4-10-18-13)14(17)8-7-12-5-2-3-9-15-12/h12-13,15H,2-11H2,1H3. The highest BCUT2D eigenvalue weighted by atomic mass is 16.5. The first-order chi connectivity index (χ1) is 8.75. The highest BCUT2D eigenvalue weighted by Crippen LogP contribution is 2.15. The Kier molecular flexibility index (Phi) is 5.45. The first kappa shape index (κ1) is 13.8. The van der Waals surface area contributed by atoms with Gasteiger partial charge in [-0.2, -0.15) is 0 Å². The predicted molar refractivity (Wildman–Crippen MR) is 71.5 cm³/mol. The van der Waals surface area contributed by atoms with E-state index in [0.717, 1.165) is 39.0 Å². The zero-order chi connectivity index (χ0) is 12.8. The van der Waals surface area contributed by atoms with Crippen LogP contribution in [0, 0.1) is 0 Å². The van der Waals surface area contributed by atoms with Crippen LogP contribution in [0.2, 0.25) is 0 Å². The maximum Gasteiger partial charge on any atom is 0.222 e. The number of carbonyl (C=O) groups is 1. The van der Waals surface area contributed by atoms with E-state index in [2.05, 4.69) is 5.32 Å². The van der Waals surface area contributed by atoms with E-state index in [-0.39, 0.29) is 12.0 Å². The maximum atomic E-state index is 12.0. The molecule has 4 nitrogen and oxygen atoms in total. The molecule has 2 heterocycles. The average Bonchev–Trinajstić information content (AvgIpc) is 2.90. The SMILES string of the molecule is CN(CC1CCCO1)C(=O)CCC1CCCCN1. The summed E-state index contributed by atoms with van der Waals surface area (Å²) in [5.41, 5.74) is 0. The van der Waals surface area contributed by atoms with Crippen molar-refractivity contribution >= 4 is 5.91 Å². The molecule has 0 aliphatic carbocycles. The lowest BCUT2D eigenvalue weighted by atomic mass is 10.0. The molecule has 4 heteroatoms. The molecule has 0 bridgehead atoms. The summed E-state index contributed by atoms with van der Waals surface area (Å²) in [5.74, 6) is 0.262. The van der Waals surface area contributed by atoms with E-state index in [9.17, 15) is 4.79 Å². The van der Waals surface area contributed by atoms with E-state index >= 15 is 0 Å². The summed E-state index contributed by atoms with van der Waals surface area (Å²) in [4.78, 5) is 13.9. The largest absolute Gasteiger partial charge is 0.376 e. The molecule has 2 fully saturated rings. The number of likely N-dealkylation sites (N-methyl/N-ethyl adjacent to an activating group) is 1. The number of hydrogen-bond acceptors (Lipinski definition) is 3. The quantitative estimate of drug-likeness (QED) is 0.809. The molecule has 0 aromatic carbocycles. The van der Waals surface area contributed by atoms with Crippen molar-refractivity contribution in [2.45, 2.75) is 57.1 Å². The molecule has 104 valence electrons. The van der Waals surface area contributed by atoms with Crippen molar-refractivity contribution in [3.63, 3.8) is 0 Å². The first-order valence-electron chi connectivity index (χ1n) is 7.34. The second-order valence-corrected chi connectivity index (χ2v) is 5.59. The number of piperidine rings is 1. The molecular weight excluding hydrogens is 228 g/mol. The summed E-state index contributed by atoms with van der Waals surface area (Å²) in [5, 5.41) is 3.49. The van der Waals surface area contributed by atoms with E-state index in [1.54, 1.807) is 0 Å². The molecule has 2 aliphatic heterocycles. The molecule has 2 atom stereocenters. The van der Waals surface area contributed by atoms with E-state index in [1.165, 1.54) is 19.3 Å². The fourth-order valence-electron chi connectivity index (χ4n) is 2.85. The van der Waals surface area contributed by atoms with Gasteiger partial charge in [-0.05, 0) is 38.6 Å². The number of rotatable bonds is 5. The second kappa shape index (κ2) is 7.10. The highest BCUT2D eigenvalue weighted by molar-refractivity contribution is 5.75. The summed E-state index contributed by atoms with van der Waals surface area (Å²) in [6.45, 7) is 2.74. The molecule has 18 heavy (non-hydrogen) atoms. The Bertz CT molecular complexity index is 259. The Balaban J connectivity index is 1.63. The third-order valence-corrected chi connectivity index (χ3v) is 4.05. The van der Waals surface area contributed by atoms with Crippen LogP contribution in [0.25, 0.3) is 0 Å². The minimum absolute atomic E-state index is 0.262. The summed E-state index contributed by atoms with van der Waals surface area (Å²) < 4.78 is 5.56. The molecule has 2 unspecified atom stereocenters. The summed E-state index contributed by atoms with van der Waals surface area (Å²) in [6.07, 6.45) is 7.96. The van der Waals surface area contributed by atoms with Crippen LogP contribution in [0.15, 0.2) is 0 Å². The lowest BCUT2D eigenvalue weighted by molar-refractivity contribution is -0.131. The topological polar surface area (TPSA) is 41.6 Å². The fourth-order valence-corrected chi connectivity index (χ4v) is 2.85. The highest BCUT2D eigenvalue weighted by Gasteiger charge is 2.21. The van der Waals surface area contributed by atoms with Crippen molar-refractivity contribution in [1.82, 2.24) is 10.2 Å². The van der Waals surface area contributed by atoms with Crippen LogP contribution >= 0.6 is 0 Å². The molecule has 1 amide bonds. The van der Waals surface area contributed by atoms with E-state index in [1.807, 2.05) is 11.9 Å². The van der Waals surface area contributed by atoms with Gasteiger partial charge < -0.3 is 15.0 Å². The van der Waals surface area contributed by atoms with Gasteiger partial charge >= 0.3 is 0 Å². The molecule has 0 aromatic heterocycles. The zero-order valence-electron chi connectivity index (χ0n) is 11.5. The molecule has 0 aromatic rings. The van der Waals surface area contributed by atoms with Gasteiger partial charge in [0.1, 0.15) is 0 Å².